The molecule has 2 rings (SSSR count). The monoisotopic (exact) mass is 236 g/mol. The maximum Gasteiger partial charge on any atom is 0.494 e. The van der Waals surface area contributed by atoms with Crippen LogP contribution in [0.5, 0.6) is 0 Å². The van der Waals surface area contributed by atoms with Gasteiger partial charge in [-0.3, -0.25) is 0 Å². The Kier molecular flexibility index (Phi) is 3.91. The summed E-state index contributed by atoms with van der Waals surface area (Å²) in [6.07, 6.45) is -2.42. The summed E-state index contributed by atoms with van der Waals surface area (Å²) in [7, 11) is -0.744. The summed E-state index contributed by atoms with van der Waals surface area (Å²) in [5, 5.41) is 18.7. The maximum atomic E-state index is 10.8. The third kappa shape index (κ3) is 2.55. The Morgan fingerprint density at radius 1 is 1.29 bits per heavy atom. The van der Waals surface area contributed by atoms with Crippen LogP contribution >= 0.6 is 0 Å². The van der Waals surface area contributed by atoms with Crippen LogP contribution in [0.1, 0.15) is 0 Å². The molecule has 0 radical (unpaired) electrons. The lowest BCUT2D eigenvalue weighted by molar-refractivity contribution is -0.136. The third-order valence-corrected chi connectivity index (χ3v) is 2.68. The molecule has 1 aromatic carbocycles. The van der Waals surface area contributed by atoms with Gasteiger partial charge in [-0.15, -0.1) is 0 Å². The van der Waals surface area contributed by atoms with Crippen molar-refractivity contribution in [2.24, 2.45) is 0 Å². The quantitative estimate of drug-likeness (QED) is 0.505. The highest BCUT2D eigenvalue weighted by Gasteiger charge is 2.41. The molecule has 0 spiro atoms. The highest BCUT2D eigenvalue weighted by atomic mass is 16.6. The largest absolute Gasteiger partial charge is 0.494 e. The van der Waals surface area contributed by atoms with Crippen LogP contribution in [0.25, 0.3) is 0 Å². The highest BCUT2D eigenvalue weighted by Crippen LogP contribution is 2.15. The van der Waals surface area contributed by atoms with Crippen LogP contribution in [0.4, 0.5) is 0 Å². The molecule has 0 amide bonds. The van der Waals surface area contributed by atoms with Crippen molar-refractivity contribution in [3.8, 4) is 0 Å². The van der Waals surface area contributed by atoms with Gasteiger partial charge in [0, 0.05) is 0 Å². The molecule has 3 unspecified atom stereocenters. The minimum Gasteiger partial charge on any atom is -0.399 e. The van der Waals surface area contributed by atoms with Crippen molar-refractivity contribution < 1.29 is 24.3 Å². The Balaban J connectivity index is 2.17. The molecule has 1 saturated heterocycles. The van der Waals surface area contributed by atoms with Gasteiger partial charge >= 0.3 is 7.12 Å². The lowest BCUT2D eigenvalue weighted by atomic mass is 9.76. The molecule has 1 aromatic rings. The number of hydrogen-bond acceptors (Lipinski definition) is 5. The zero-order chi connectivity index (χ0) is 12.3. The lowest BCUT2D eigenvalue weighted by Gasteiger charge is -2.35. The molecule has 17 heavy (non-hydrogen) atoms. The van der Waals surface area contributed by atoms with Gasteiger partial charge in [0.15, 0.2) is 0 Å². The van der Waals surface area contributed by atoms with Crippen molar-refractivity contribution in [3.63, 3.8) is 0 Å². The first-order valence-electron chi connectivity index (χ1n) is 5.36. The highest BCUT2D eigenvalue weighted by molar-refractivity contribution is 6.61. The smallest absolute Gasteiger partial charge is 0.399 e. The zero-order valence-electron chi connectivity index (χ0n) is 9.10. The van der Waals surface area contributed by atoms with Gasteiger partial charge in [0.25, 0.3) is 0 Å². The standard InChI is InChI=1S/C11H13BO5/c13-6-9-11(15)10(7-14)17-12(16-9)8-4-2-1-3-5-8/h1-6,9-11,14-15H,7H2. The Hall–Kier alpha value is -1.21. The van der Waals surface area contributed by atoms with E-state index in [9.17, 15) is 9.90 Å². The number of aldehydes is 1. The minimum absolute atomic E-state index is 0.363. The first-order chi connectivity index (χ1) is 8.26. The number of hydrogen-bond donors (Lipinski definition) is 2. The van der Waals surface area contributed by atoms with E-state index in [1.54, 1.807) is 12.1 Å². The number of carbonyl (C=O) groups is 1. The van der Waals surface area contributed by atoms with E-state index < -0.39 is 25.4 Å². The van der Waals surface area contributed by atoms with Crippen LogP contribution in [-0.4, -0.2) is 48.5 Å². The molecule has 0 aromatic heterocycles. The van der Waals surface area contributed by atoms with Gasteiger partial charge in [-0.25, -0.2) is 0 Å². The molecule has 1 heterocycles. The molecule has 1 fully saturated rings. The normalized spacial score (nSPS) is 29.1. The van der Waals surface area contributed by atoms with Crippen LogP contribution in [0.15, 0.2) is 30.3 Å². The molecule has 5 nitrogen and oxygen atoms in total. The zero-order valence-corrected chi connectivity index (χ0v) is 9.10. The van der Waals surface area contributed by atoms with Crippen LogP contribution in [0, 0.1) is 0 Å². The maximum absolute atomic E-state index is 10.8. The second-order valence-corrected chi connectivity index (χ2v) is 3.83. The summed E-state index contributed by atoms with van der Waals surface area (Å²) in [5.74, 6) is 0. The molecule has 1 aliphatic rings. The van der Waals surface area contributed by atoms with E-state index >= 15 is 0 Å². The number of carbonyl (C=O) groups excluding carboxylic acids is 1. The van der Waals surface area contributed by atoms with E-state index in [0.29, 0.717) is 6.29 Å². The Bertz CT molecular complexity index is 371. The third-order valence-electron chi connectivity index (χ3n) is 2.68. The van der Waals surface area contributed by atoms with E-state index in [1.165, 1.54) is 0 Å². The fourth-order valence-corrected chi connectivity index (χ4v) is 1.74. The molecule has 1 aliphatic heterocycles. The summed E-state index contributed by atoms with van der Waals surface area (Å²) in [5.41, 5.74) is 0.740. The van der Waals surface area contributed by atoms with E-state index in [2.05, 4.69) is 0 Å². The molecular weight excluding hydrogens is 223 g/mol. The molecule has 3 atom stereocenters. The average Bonchev–Trinajstić information content (AvgIpc) is 2.40. The molecule has 90 valence electrons. The fourth-order valence-electron chi connectivity index (χ4n) is 1.74. The van der Waals surface area contributed by atoms with E-state index in [0.717, 1.165) is 5.46 Å². The van der Waals surface area contributed by atoms with Crippen molar-refractivity contribution in [1.29, 1.82) is 0 Å². The van der Waals surface area contributed by atoms with Crippen molar-refractivity contribution in [2.75, 3.05) is 6.61 Å². The summed E-state index contributed by atoms with van der Waals surface area (Å²) in [6.45, 7) is -0.363. The minimum atomic E-state index is -1.14. The van der Waals surface area contributed by atoms with Crippen LogP contribution in [-0.2, 0) is 14.1 Å². The van der Waals surface area contributed by atoms with Crippen molar-refractivity contribution in [2.45, 2.75) is 18.3 Å². The van der Waals surface area contributed by atoms with Crippen LogP contribution < -0.4 is 5.46 Å². The van der Waals surface area contributed by atoms with Crippen molar-refractivity contribution in [1.82, 2.24) is 0 Å². The van der Waals surface area contributed by atoms with Gasteiger partial charge in [-0.2, -0.15) is 0 Å². The number of benzene rings is 1. The SMILES string of the molecule is O=CC1OB(c2ccccc2)OC(CO)C1O. The van der Waals surface area contributed by atoms with E-state index in [1.807, 2.05) is 18.2 Å². The van der Waals surface area contributed by atoms with Gasteiger partial charge in [0.05, 0.1) is 12.7 Å². The van der Waals surface area contributed by atoms with Crippen LogP contribution in [0.2, 0.25) is 0 Å². The van der Waals surface area contributed by atoms with Crippen molar-refractivity contribution in [3.05, 3.63) is 30.3 Å². The van der Waals surface area contributed by atoms with Gasteiger partial charge in [0.2, 0.25) is 0 Å². The first-order valence-corrected chi connectivity index (χ1v) is 5.36. The molecule has 0 bridgehead atoms. The fraction of sp³-hybridized carbons (Fsp3) is 0.364. The topological polar surface area (TPSA) is 76.0 Å². The number of aliphatic hydroxyl groups excluding tert-OH is 2. The summed E-state index contributed by atoms with van der Waals surface area (Å²) >= 11 is 0. The molecule has 0 aliphatic carbocycles. The second-order valence-electron chi connectivity index (χ2n) is 3.83. The predicted octanol–water partition coefficient (Wildman–Crippen LogP) is -1.28. The Morgan fingerprint density at radius 3 is 2.59 bits per heavy atom. The Morgan fingerprint density at radius 2 is 2.00 bits per heavy atom. The second kappa shape index (κ2) is 5.42. The van der Waals surface area contributed by atoms with Gasteiger partial charge in [-0.1, -0.05) is 30.3 Å². The summed E-state index contributed by atoms with van der Waals surface area (Å²) in [4.78, 5) is 10.8. The number of aliphatic hydroxyl groups is 2. The lowest BCUT2D eigenvalue weighted by Crippen LogP contribution is -2.57. The van der Waals surface area contributed by atoms with Gasteiger partial charge in [-0.05, 0) is 5.46 Å². The number of rotatable bonds is 3. The van der Waals surface area contributed by atoms with E-state index in [4.69, 9.17) is 14.4 Å². The molecule has 6 heteroatoms. The summed E-state index contributed by atoms with van der Waals surface area (Å²) in [6, 6.07) is 9.06. The molecule has 0 saturated carbocycles. The van der Waals surface area contributed by atoms with Gasteiger partial charge < -0.3 is 24.3 Å². The van der Waals surface area contributed by atoms with E-state index in [-0.39, 0.29) is 6.61 Å². The Labute approximate surface area is 99.1 Å². The average molecular weight is 236 g/mol. The summed E-state index contributed by atoms with van der Waals surface area (Å²) < 4.78 is 10.7. The molecular formula is C11H13BO5. The molecule has 2 N–H and O–H groups in total. The van der Waals surface area contributed by atoms with Gasteiger partial charge in [0.1, 0.15) is 18.5 Å². The predicted molar refractivity (Wildman–Crippen MR) is 60.7 cm³/mol. The first kappa shape index (κ1) is 12.3. The van der Waals surface area contributed by atoms with Crippen LogP contribution in [0.3, 0.4) is 0 Å². The van der Waals surface area contributed by atoms with Crippen molar-refractivity contribution >= 4 is 18.9 Å².